The summed E-state index contributed by atoms with van der Waals surface area (Å²) >= 11 is 0. The summed E-state index contributed by atoms with van der Waals surface area (Å²) in [6, 6.07) is 10.9. The van der Waals surface area contributed by atoms with Crippen LogP contribution in [0, 0.1) is 11.8 Å². The zero-order valence-electron chi connectivity index (χ0n) is 14.2. The van der Waals surface area contributed by atoms with Gasteiger partial charge in [-0.15, -0.1) is 0 Å². The van der Waals surface area contributed by atoms with Gasteiger partial charge in [0.1, 0.15) is 6.61 Å². The largest absolute Gasteiger partial charge is 0.376 e. The lowest BCUT2D eigenvalue weighted by Crippen LogP contribution is -2.57. The molecule has 0 spiro atoms. The lowest BCUT2D eigenvalue weighted by molar-refractivity contribution is -0.129. The van der Waals surface area contributed by atoms with Crippen LogP contribution < -0.4 is 5.32 Å². The summed E-state index contributed by atoms with van der Waals surface area (Å²) in [6.45, 7) is 1.51. The van der Waals surface area contributed by atoms with Crippen LogP contribution in [0.4, 0.5) is 0 Å². The van der Waals surface area contributed by atoms with E-state index >= 15 is 0 Å². The maximum absolute atomic E-state index is 12.3. The number of carbonyl (C=O) groups excluding carboxylic acids is 1. The molecule has 4 heteroatoms. The molecule has 3 aliphatic rings. The van der Waals surface area contributed by atoms with Gasteiger partial charge >= 0.3 is 0 Å². The third-order valence-corrected chi connectivity index (χ3v) is 6.01. The van der Waals surface area contributed by atoms with Gasteiger partial charge in [-0.05, 0) is 43.1 Å². The molecule has 4 rings (SSSR count). The first-order valence-corrected chi connectivity index (χ1v) is 9.36. The first kappa shape index (κ1) is 16.1. The fourth-order valence-corrected chi connectivity index (χ4v) is 4.91. The second-order valence-corrected chi connectivity index (χ2v) is 7.44. The second-order valence-electron chi connectivity index (χ2n) is 7.44. The van der Waals surface area contributed by atoms with Crippen LogP contribution in [0.2, 0.25) is 0 Å². The van der Waals surface area contributed by atoms with Gasteiger partial charge in [-0.25, -0.2) is 0 Å². The van der Waals surface area contributed by atoms with Crippen molar-refractivity contribution in [3.8, 4) is 0 Å². The Morgan fingerprint density at radius 3 is 2.75 bits per heavy atom. The van der Waals surface area contributed by atoms with Gasteiger partial charge in [0.05, 0.1) is 12.7 Å². The van der Waals surface area contributed by atoms with Crippen molar-refractivity contribution in [3.63, 3.8) is 0 Å². The number of amides is 1. The van der Waals surface area contributed by atoms with Crippen LogP contribution in [0.1, 0.15) is 43.6 Å². The van der Waals surface area contributed by atoms with Gasteiger partial charge in [0, 0.05) is 18.6 Å². The molecule has 0 unspecified atom stereocenters. The quantitative estimate of drug-likeness (QED) is 0.873. The Morgan fingerprint density at radius 1 is 1.12 bits per heavy atom. The highest BCUT2D eigenvalue weighted by atomic mass is 16.5. The molecule has 0 bridgehead atoms. The molecule has 1 N–H and O–H groups in total. The van der Waals surface area contributed by atoms with Gasteiger partial charge in [0.25, 0.3) is 0 Å². The molecule has 2 saturated carbocycles. The zero-order chi connectivity index (χ0) is 16.4. The van der Waals surface area contributed by atoms with E-state index in [1.54, 1.807) is 0 Å². The van der Waals surface area contributed by atoms with Crippen molar-refractivity contribution in [3.05, 3.63) is 35.9 Å². The highest BCUT2D eigenvalue weighted by Gasteiger charge is 2.53. The number of rotatable bonds is 6. The predicted molar refractivity (Wildman–Crippen MR) is 91.7 cm³/mol. The third kappa shape index (κ3) is 3.22. The molecule has 0 radical (unpaired) electrons. The molecule has 1 heterocycles. The van der Waals surface area contributed by atoms with E-state index in [2.05, 4.69) is 35.6 Å². The molecule has 2 aliphatic carbocycles. The van der Waals surface area contributed by atoms with Gasteiger partial charge in [0.2, 0.25) is 5.91 Å². The van der Waals surface area contributed by atoms with Crippen LogP contribution in [-0.4, -0.2) is 37.9 Å². The molecule has 5 atom stereocenters. The fourth-order valence-electron chi connectivity index (χ4n) is 4.91. The average molecular weight is 329 g/mol. The molecule has 3 fully saturated rings. The monoisotopic (exact) mass is 329 g/mol. The Kier molecular flexibility index (Phi) is 4.86. The van der Waals surface area contributed by atoms with Gasteiger partial charge in [-0.1, -0.05) is 36.8 Å². The van der Waals surface area contributed by atoms with Crippen LogP contribution in [0.5, 0.6) is 0 Å². The number of fused-ring (bicyclic) bond motifs is 1. The molecule has 4 nitrogen and oxygen atoms in total. The number of carbonyl (C=O) groups is 1. The van der Waals surface area contributed by atoms with Gasteiger partial charge in [0.15, 0.2) is 0 Å². The number of ether oxygens (including phenoxy) is 2. The SMILES string of the molecule is O=C(COC[C@@H]1CCCO1)N[C@@H]1[C@@H]2CCC[C@@H]2[C@@H]1c1ccccc1. The van der Waals surface area contributed by atoms with E-state index in [0.29, 0.717) is 18.4 Å². The molecule has 1 amide bonds. The van der Waals surface area contributed by atoms with Crippen molar-refractivity contribution < 1.29 is 14.3 Å². The van der Waals surface area contributed by atoms with Crippen molar-refractivity contribution in [2.75, 3.05) is 19.8 Å². The third-order valence-electron chi connectivity index (χ3n) is 6.01. The van der Waals surface area contributed by atoms with E-state index < -0.39 is 0 Å². The molecule has 0 aromatic heterocycles. The van der Waals surface area contributed by atoms with Crippen molar-refractivity contribution >= 4 is 5.91 Å². The van der Waals surface area contributed by atoms with Crippen molar-refractivity contribution in [1.29, 1.82) is 0 Å². The van der Waals surface area contributed by atoms with E-state index in [-0.39, 0.29) is 24.7 Å². The summed E-state index contributed by atoms with van der Waals surface area (Å²) in [5.74, 6) is 1.88. The molecule has 1 saturated heterocycles. The van der Waals surface area contributed by atoms with Gasteiger partial charge < -0.3 is 14.8 Å². The summed E-state index contributed by atoms with van der Waals surface area (Å²) in [5.41, 5.74) is 1.37. The van der Waals surface area contributed by atoms with E-state index in [4.69, 9.17) is 9.47 Å². The average Bonchev–Trinajstić information content (AvgIpc) is 3.24. The Hall–Kier alpha value is -1.39. The summed E-state index contributed by atoms with van der Waals surface area (Å²) in [4.78, 5) is 12.3. The normalized spacial score (nSPS) is 34.6. The van der Waals surface area contributed by atoms with Crippen molar-refractivity contribution in [2.45, 2.75) is 50.2 Å². The zero-order valence-corrected chi connectivity index (χ0v) is 14.2. The lowest BCUT2D eigenvalue weighted by atomic mass is 9.60. The number of benzene rings is 1. The summed E-state index contributed by atoms with van der Waals surface area (Å²) in [6.07, 6.45) is 6.16. The summed E-state index contributed by atoms with van der Waals surface area (Å²) < 4.78 is 11.1. The summed E-state index contributed by atoms with van der Waals surface area (Å²) in [7, 11) is 0. The second kappa shape index (κ2) is 7.24. The minimum Gasteiger partial charge on any atom is -0.376 e. The minimum atomic E-state index is 0.0179. The smallest absolute Gasteiger partial charge is 0.246 e. The Morgan fingerprint density at radius 2 is 1.96 bits per heavy atom. The molecule has 24 heavy (non-hydrogen) atoms. The standard InChI is InChI=1S/C20H27NO3/c22-18(13-23-12-15-8-5-11-24-15)21-20-17-10-4-9-16(17)19(20)14-6-2-1-3-7-14/h1-3,6-7,15-17,19-20H,4-5,8-13H2,(H,21,22)/t15-,16-,17+,19-,20+/m0/s1. The van der Waals surface area contributed by atoms with Crippen LogP contribution in [0.3, 0.4) is 0 Å². The maximum atomic E-state index is 12.3. The van der Waals surface area contributed by atoms with E-state index in [0.717, 1.165) is 25.4 Å². The Bertz CT molecular complexity index is 555. The predicted octanol–water partition coefficient (Wildman–Crippen LogP) is 2.88. The number of hydrogen-bond donors (Lipinski definition) is 1. The maximum Gasteiger partial charge on any atom is 0.246 e. The first-order chi connectivity index (χ1) is 11.8. The number of nitrogens with one attached hydrogen (secondary N) is 1. The Labute approximate surface area is 143 Å². The summed E-state index contributed by atoms with van der Waals surface area (Å²) in [5, 5.41) is 3.26. The fraction of sp³-hybridized carbons (Fsp3) is 0.650. The van der Waals surface area contributed by atoms with E-state index in [9.17, 15) is 4.79 Å². The van der Waals surface area contributed by atoms with Crippen LogP contribution in [0.15, 0.2) is 30.3 Å². The highest BCUT2D eigenvalue weighted by Crippen LogP contribution is 2.55. The van der Waals surface area contributed by atoms with Crippen molar-refractivity contribution in [1.82, 2.24) is 5.32 Å². The van der Waals surface area contributed by atoms with E-state index in [1.165, 1.54) is 24.8 Å². The molecular formula is C20H27NO3. The van der Waals surface area contributed by atoms with Crippen LogP contribution >= 0.6 is 0 Å². The molecule has 1 aromatic rings. The van der Waals surface area contributed by atoms with Crippen molar-refractivity contribution in [2.24, 2.45) is 11.8 Å². The van der Waals surface area contributed by atoms with Gasteiger partial charge in [-0.3, -0.25) is 4.79 Å². The Balaban J connectivity index is 1.31. The minimum absolute atomic E-state index is 0.0179. The lowest BCUT2D eigenvalue weighted by Gasteiger charge is -2.49. The van der Waals surface area contributed by atoms with E-state index in [1.807, 2.05) is 0 Å². The molecule has 1 aliphatic heterocycles. The molecule has 1 aromatic carbocycles. The van der Waals surface area contributed by atoms with Crippen LogP contribution in [-0.2, 0) is 14.3 Å². The van der Waals surface area contributed by atoms with Crippen LogP contribution in [0.25, 0.3) is 0 Å². The first-order valence-electron chi connectivity index (χ1n) is 9.36. The van der Waals surface area contributed by atoms with Gasteiger partial charge in [-0.2, -0.15) is 0 Å². The molecule has 130 valence electrons. The molecular weight excluding hydrogens is 302 g/mol. The topological polar surface area (TPSA) is 47.6 Å². The highest BCUT2D eigenvalue weighted by molar-refractivity contribution is 5.78. The number of hydrogen-bond acceptors (Lipinski definition) is 3.